The molecular formula is C20H29N3O2. The standard InChI is InChI=1S/C20H29N3O2/c1-13(2)18(10-11-24)22-20(25)17-12-21-23(19(17)14(3)4)16-8-6-15(5)7-9-16/h6-9,12-14,18,24H,10-11H2,1-5H3,(H,22,25). The first-order chi connectivity index (χ1) is 11.8. The summed E-state index contributed by atoms with van der Waals surface area (Å²) in [5, 5.41) is 16.7. The van der Waals surface area contributed by atoms with E-state index in [2.05, 4.69) is 24.3 Å². The van der Waals surface area contributed by atoms with E-state index >= 15 is 0 Å². The zero-order valence-corrected chi connectivity index (χ0v) is 15.8. The van der Waals surface area contributed by atoms with Gasteiger partial charge >= 0.3 is 0 Å². The minimum absolute atomic E-state index is 0.0553. The number of benzene rings is 1. The van der Waals surface area contributed by atoms with Gasteiger partial charge in [-0.05, 0) is 37.3 Å². The molecule has 0 bridgehead atoms. The molecular weight excluding hydrogens is 314 g/mol. The summed E-state index contributed by atoms with van der Waals surface area (Å²) in [6, 6.07) is 8.05. The topological polar surface area (TPSA) is 67.2 Å². The number of hydrogen-bond donors (Lipinski definition) is 2. The fourth-order valence-electron chi connectivity index (χ4n) is 2.94. The zero-order chi connectivity index (χ0) is 18.6. The summed E-state index contributed by atoms with van der Waals surface area (Å²) in [7, 11) is 0. The SMILES string of the molecule is Cc1ccc(-n2ncc(C(=O)NC(CCO)C(C)C)c2C(C)C)cc1. The Bertz CT molecular complexity index is 702. The van der Waals surface area contributed by atoms with Gasteiger partial charge in [-0.25, -0.2) is 4.68 Å². The molecule has 2 aromatic rings. The van der Waals surface area contributed by atoms with Crippen LogP contribution in [0.1, 0.15) is 61.6 Å². The third-order valence-corrected chi connectivity index (χ3v) is 4.44. The maximum Gasteiger partial charge on any atom is 0.255 e. The van der Waals surface area contributed by atoms with Crippen LogP contribution in [0.5, 0.6) is 0 Å². The van der Waals surface area contributed by atoms with Gasteiger partial charge in [-0.2, -0.15) is 5.10 Å². The molecule has 1 aromatic heterocycles. The molecule has 0 fully saturated rings. The van der Waals surface area contributed by atoms with Crippen molar-refractivity contribution in [2.75, 3.05) is 6.61 Å². The lowest BCUT2D eigenvalue weighted by Gasteiger charge is -2.22. The second kappa shape index (κ2) is 8.30. The van der Waals surface area contributed by atoms with Gasteiger partial charge in [0.1, 0.15) is 0 Å². The van der Waals surface area contributed by atoms with Gasteiger partial charge in [0.15, 0.2) is 0 Å². The van der Waals surface area contributed by atoms with Gasteiger partial charge in [-0.1, -0.05) is 45.4 Å². The predicted octanol–water partition coefficient (Wildman–Crippen LogP) is 3.44. The number of aromatic nitrogens is 2. The summed E-state index contributed by atoms with van der Waals surface area (Å²) in [5.41, 5.74) is 3.62. The third kappa shape index (κ3) is 4.48. The number of nitrogens with zero attached hydrogens (tertiary/aromatic N) is 2. The lowest BCUT2D eigenvalue weighted by atomic mass is 10.00. The molecule has 1 amide bonds. The molecule has 0 saturated carbocycles. The summed E-state index contributed by atoms with van der Waals surface area (Å²) in [5.74, 6) is 0.278. The van der Waals surface area contributed by atoms with Crippen molar-refractivity contribution in [1.29, 1.82) is 0 Å². The largest absolute Gasteiger partial charge is 0.396 e. The zero-order valence-electron chi connectivity index (χ0n) is 15.8. The number of amides is 1. The predicted molar refractivity (Wildman–Crippen MR) is 100 cm³/mol. The smallest absolute Gasteiger partial charge is 0.255 e. The van der Waals surface area contributed by atoms with Crippen LogP contribution in [-0.2, 0) is 0 Å². The van der Waals surface area contributed by atoms with Crippen LogP contribution >= 0.6 is 0 Å². The fraction of sp³-hybridized carbons (Fsp3) is 0.500. The van der Waals surface area contributed by atoms with Gasteiger partial charge in [0.05, 0.1) is 23.1 Å². The monoisotopic (exact) mass is 343 g/mol. The first-order valence-corrected chi connectivity index (χ1v) is 8.91. The van der Waals surface area contributed by atoms with Crippen molar-refractivity contribution >= 4 is 5.91 Å². The van der Waals surface area contributed by atoms with Crippen LogP contribution in [0.3, 0.4) is 0 Å². The van der Waals surface area contributed by atoms with E-state index in [-0.39, 0.29) is 30.4 Å². The number of aliphatic hydroxyl groups excluding tert-OH is 1. The average Bonchev–Trinajstić information content (AvgIpc) is 3.00. The van der Waals surface area contributed by atoms with Gasteiger partial charge in [0.25, 0.3) is 5.91 Å². The van der Waals surface area contributed by atoms with E-state index in [0.717, 1.165) is 11.4 Å². The minimum Gasteiger partial charge on any atom is -0.396 e. The Kier molecular flexibility index (Phi) is 6.37. The molecule has 2 N–H and O–H groups in total. The molecule has 0 aliphatic rings. The number of aryl methyl sites for hydroxylation is 1. The van der Waals surface area contributed by atoms with E-state index in [1.54, 1.807) is 6.20 Å². The van der Waals surface area contributed by atoms with E-state index < -0.39 is 0 Å². The van der Waals surface area contributed by atoms with Gasteiger partial charge in [0.2, 0.25) is 0 Å². The van der Waals surface area contributed by atoms with Crippen LogP contribution < -0.4 is 5.32 Å². The molecule has 1 unspecified atom stereocenters. The molecule has 5 nitrogen and oxygen atoms in total. The molecule has 0 aliphatic carbocycles. The van der Waals surface area contributed by atoms with Gasteiger partial charge in [-0.3, -0.25) is 4.79 Å². The molecule has 2 rings (SSSR count). The first kappa shape index (κ1) is 19.2. The van der Waals surface area contributed by atoms with E-state index in [9.17, 15) is 9.90 Å². The molecule has 136 valence electrons. The molecule has 0 aliphatic heterocycles. The van der Waals surface area contributed by atoms with Crippen molar-refractivity contribution in [1.82, 2.24) is 15.1 Å². The summed E-state index contributed by atoms with van der Waals surface area (Å²) < 4.78 is 1.84. The number of hydrogen-bond acceptors (Lipinski definition) is 3. The highest BCUT2D eigenvalue weighted by Gasteiger charge is 2.23. The Hall–Kier alpha value is -2.14. The minimum atomic E-state index is -0.130. The maximum atomic E-state index is 12.8. The second-order valence-electron chi connectivity index (χ2n) is 7.18. The Morgan fingerprint density at radius 3 is 2.36 bits per heavy atom. The highest BCUT2D eigenvalue weighted by molar-refractivity contribution is 5.95. The highest BCUT2D eigenvalue weighted by Crippen LogP contribution is 2.23. The van der Waals surface area contributed by atoms with E-state index in [1.165, 1.54) is 5.56 Å². The van der Waals surface area contributed by atoms with Crippen LogP contribution in [0, 0.1) is 12.8 Å². The number of carbonyl (C=O) groups excluding carboxylic acids is 1. The average molecular weight is 343 g/mol. The summed E-state index contributed by atoms with van der Waals surface area (Å²) >= 11 is 0. The summed E-state index contributed by atoms with van der Waals surface area (Å²) in [6.07, 6.45) is 2.19. The van der Waals surface area contributed by atoms with Crippen LogP contribution in [0.25, 0.3) is 5.69 Å². The highest BCUT2D eigenvalue weighted by atomic mass is 16.3. The van der Waals surface area contributed by atoms with Crippen molar-refractivity contribution in [3.8, 4) is 5.69 Å². The first-order valence-electron chi connectivity index (χ1n) is 8.91. The summed E-state index contributed by atoms with van der Waals surface area (Å²) in [6.45, 7) is 10.3. The van der Waals surface area contributed by atoms with Crippen LogP contribution in [0.4, 0.5) is 0 Å². The van der Waals surface area contributed by atoms with Gasteiger partial charge in [-0.15, -0.1) is 0 Å². The van der Waals surface area contributed by atoms with E-state index in [4.69, 9.17) is 0 Å². The van der Waals surface area contributed by atoms with Gasteiger partial charge < -0.3 is 10.4 Å². The van der Waals surface area contributed by atoms with Gasteiger partial charge in [0, 0.05) is 12.6 Å². The number of aliphatic hydroxyl groups is 1. The van der Waals surface area contributed by atoms with E-state index in [0.29, 0.717) is 12.0 Å². The molecule has 1 atom stereocenters. The van der Waals surface area contributed by atoms with Crippen molar-refractivity contribution in [3.63, 3.8) is 0 Å². The van der Waals surface area contributed by atoms with Crippen molar-refractivity contribution in [2.24, 2.45) is 5.92 Å². The van der Waals surface area contributed by atoms with E-state index in [1.807, 2.05) is 49.7 Å². The number of nitrogens with one attached hydrogen (secondary N) is 1. The number of rotatable bonds is 7. The molecule has 0 spiro atoms. The lowest BCUT2D eigenvalue weighted by Crippen LogP contribution is -2.39. The Labute approximate surface area is 150 Å². The van der Waals surface area contributed by atoms with Crippen molar-refractivity contribution < 1.29 is 9.90 Å². The molecule has 0 radical (unpaired) electrons. The van der Waals surface area contributed by atoms with Crippen LogP contribution in [0.2, 0.25) is 0 Å². The third-order valence-electron chi connectivity index (χ3n) is 4.44. The molecule has 1 aromatic carbocycles. The Morgan fingerprint density at radius 1 is 1.20 bits per heavy atom. The molecule has 25 heavy (non-hydrogen) atoms. The fourth-order valence-corrected chi connectivity index (χ4v) is 2.94. The van der Waals surface area contributed by atoms with Crippen LogP contribution in [0.15, 0.2) is 30.5 Å². The number of carbonyl (C=O) groups is 1. The Balaban J connectivity index is 2.35. The van der Waals surface area contributed by atoms with Crippen molar-refractivity contribution in [2.45, 2.75) is 53.0 Å². The Morgan fingerprint density at radius 2 is 1.84 bits per heavy atom. The normalized spacial score (nSPS) is 12.6. The molecule has 5 heteroatoms. The van der Waals surface area contributed by atoms with Crippen molar-refractivity contribution in [3.05, 3.63) is 47.3 Å². The summed E-state index contributed by atoms with van der Waals surface area (Å²) in [4.78, 5) is 12.8. The molecule has 1 heterocycles. The lowest BCUT2D eigenvalue weighted by molar-refractivity contribution is 0.0915. The maximum absolute atomic E-state index is 12.8. The quantitative estimate of drug-likeness (QED) is 0.809. The molecule has 0 saturated heterocycles. The second-order valence-corrected chi connectivity index (χ2v) is 7.18. The van der Waals surface area contributed by atoms with Crippen LogP contribution in [-0.4, -0.2) is 33.4 Å².